The van der Waals surface area contributed by atoms with E-state index in [1.165, 1.54) is 0 Å². The first kappa shape index (κ1) is 11.2. The first-order valence-electron chi connectivity index (χ1n) is 5.09. The van der Waals surface area contributed by atoms with Crippen molar-refractivity contribution in [2.45, 2.75) is 6.10 Å². The molecule has 0 amide bonds. The molecule has 2 N–H and O–H groups in total. The Kier molecular flexibility index (Phi) is 3.31. The van der Waals surface area contributed by atoms with E-state index in [-0.39, 0.29) is 5.88 Å². The van der Waals surface area contributed by atoms with E-state index in [0.29, 0.717) is 6.54 Å². The molecule has 0 aliphatic heterocycles. The quantitative estimate of drug-likeness (QED) is 0.797. The van der Waals surface area contributed by atoms with Crippen LogP contribution < -0.4 is 5.32 Å². The Morgan fingerprint density at radius 3 is 3.12 bits per heavy atom. The second kappa shape index (κ2) is 4.72. The molecule has 2 rings (SSSR count). The average Bonchev–Trinajstić information content (AvgIpc) is 2.68. The first-order valence-corrected chi connectivity index (χ1v) is 5.63. The summed E-state index contributed by atoms with van der Waals surface area (Å²) < 4.78 is 1.96. The molecule has 0 aliphatic rings. The summed E-state index contributed by atoms with van der Waals surface area (Å²) in [7, 11) is 1.95. The van der Waals surface area contributed by atoms with Crippen LogP contribution in [0.25, 0.3) is 11.0 Å². The van der Waals surface area contributed by atoms with E-state index in [9.17, 15) is 5.11 Å². The summed E-state index contributed by atoms with van der Waals surface area (Å²) in [6.45, 7) is 0.451. The molecule has 0 saturated heterocycles. The lowest BCUT2D eigenvalue weighted by Gasteiger charge is -2.10. The van der Waals surface area contributed by atoms with Crippen LogP contribution in [0, 0.1) is 0 Å². The molecule has 2 aromatic rings. The van der Waals surface area contributed by atoms with Crippen molar-refractivity contribution in [1.29, 1.82) is 0 Å². The van der Waals surface area contributed by atoms with Crippen molar-refractivity contribution in [3.63, 3.8) is 0 Å². The molecular weight excluding hydrogens is 226 g/mol. The minimum atomic E-state index is -0.524. The van der Waals surface area contributed by atoms with Gasteiger partial charge in [0, 0.05) is 19.3 Å². The van der Waals surface area contributed by atoms with E-state index < -0.39 is 6.10 Å². The van der Waals surface area contributed by atoms with Gasteiger partial charge in [-0.15, -0.1) is 11.6 Å². The number of benzene rings is 1. The van der Waals surface area contributed by atoms with Crippen molar-refractivity contribution in [2.75, 3.05) is 17.7 Å². The van der Waals surface area contributed by atoms with Gasteiger partial charge < -0.3 is 15.0 Å². The van der Waals surface area contributed by atoms with Crippen molar-refractivity contribution < 1.29 is 5.11 Å². The Labute approximate surface area is 98.9 Å². The lowest BCUT2D eigenvalue weighted by Crippen LogP contribution is -2.20. The van der Waals surface area contributed by atoms with Gasteiger partial charge in [-0.3, -0.25) is 0 Å². The van der Waals surface area contributed by atoms with Gasteiger partial charge >= 0.3 is 0 Å². The first-order chi connectivity index (χ1) is 7.70. The van der Waals surface area contributed by atoms with Crippen LogP contribution in [-0.2, 0) is 7.05 Å². The van der Waals surface area contributed by atoms with Crippen molar-refractivity contribution >= 4 is 28.3 Å². The fraction of sp³-hybridized carbons (Fsp3) is 0.364. The molecule has 1 heterocycles. The summed E-state index contributed by atoms with van der Waals surface area (Å²) in [5, 5.41) is 12.5. The summed E-state index contributed by atoms with van der Waals surface area (Å²) >= 11 is 5.52. The van der Waals surface area contributed by atoms with Crippen LogP contribution in [0.2, 0.25) is 0 Å². The van der Waals surface area contributed by atoms with Gasteiger partial charge in [-0.2, -0.15) is 0 Å². The zero-order valence-corrected chi connectivity index (χ0v) is 9.78. The van der Waals surface area contributed by atoms with Gasteiger partial charge in [0.2, 0.25) is 0 Å². The van der Waals surface area contributed by atoms with Crippen molar-refractivity contribution in [1.82, 2.24) is 9.55 Å². The van der Waals surface area contributed by atoms with Crippen molar-refractivity contribution in [2.24, 2.45) is 7.05 Å². The Hall–Kier alpha value is -1.26. The SMILES string of the molecule is Cn1cnc2ccc(NCC(O)CCl)cc21. The molecule has 1 aromatic carbocycles. The summed E-state index contributed by atoms with van der Waals surface area (Å²) in [5.74, 6) is 0.237. The standard InChI is InChI=1S/C11H14ClN3O/c1-15-7-14-10-3-2-8(4-11(10)15)13-6-9(16)5-12/h2-4,7,9,13,16H,5-6H2,1H3. The van der Waals surface area contributed by atoms with E-state index in [4.69, 9.17) is 11.6 Å². The van der Waals surface area contributed by atoms with Crippen molar-refractivity contribution in [3.8, 4) is 0 Å². The van der Waals surface area contributed by atoms with E-state index in [1.54, 1.807) is 6.33 Å². The van der Waals surface area contributed by atoms with Gasteiger partial charge in [-0.05, 0) is 18.2 Å². The number of aliphatic hydroxyl groups excluding tert-OH is 1. The van der Waals surface area contributed by atoms with Gasteiger partial charge in [0.15, 0.2) is 0 Å². The number of hydrogen-bond donors (Lipinski definition) is 2. The number of nitrogens with one attached hydrogen (secondary N) is 1. The van der Waals surface area contributed by atoms with Gasteiger partial charge in [0.05, 0.1) is 29.3 Å². The van der Waals surface area contributed by atoms with Gasteiger partial charge in [-0.1, -0.05) is 0 Å². The van der Waals surface area contributed by atoms with Crippen LogP contribution in [0.4, 0.5) is 5.69 Å². The lowest BCUT2D eigenvalue weighted by atomic mass is 10.2. The molecule has 0 saturated carbocycles. The van der Waals surface area contributed by atoms with E-state index in [0.717, 1.165) is 16.7 Å². The lowest BCUT2D eigenvalue weighted by molar-refractivity contribution is 0.211. The normalized spacial score (nSPS) is 12.9. The molecule has 4 nitrogen and oxygen atoms in total. The van der Waals surface area contributed by atoms with Crippen LogP contribution in [0.1, 0.15) is 0 Å². The minimum Gasteiger partial charge on any atom is -0.390 e. The average molecular weight is 240 g/mol. The number of fused-ring (bicyclic) bond motifs is 1. The molecule has 86 valence electrons. The van der Waals surface area contributed by atoms with Gasteiger partial charge in [-0.25, -0.2) is 4.98 Å². The second-order valence-corrected chi connectivity index (χ2v) is 4.06. The number of aromatic nitrogens is 2. The zero-order valence-electron chi connectivity index (χ0n) is 9.02. The van der Waals surface area contributed by atoms with Crippen molar-refractivity contribution in [3.05, 3.63) is 24.5 Å². The van der Waals surface area contributed by atoms with Crippen LogP contribution in [0.3, 0.4) is 0 Å². The van der Waals surface area contributed by atoms with Gasteiger partial charge in [0.1, 0.15) is 0 Å². The smallest absolute Gasteiger partial charge is 0.0955 e. The monoisotopic (exact) mass is 239 g/mol. The molecule has 0 spiro atoms. The number of alkyl halides is 1. The third kappa shape index (κ3) is 2.28. The minimum absolute atomic E-state index is 0.237. The molecule has 0 aliphatic carbocycles. The Balaban J connectivity index is 2.15. The maximum Gasteiger partial charge on any atom is 0.0955 e. The Bertz CT molecular complexity index is 483. The number of hydrogen-bond acceptors (Lipinski definition) is 3. The largest absolute Gasteiger partial charge is 0.390 e. The highest BCUT2D eigenvalue weighted by atomic mass is 35.5. The molecule has 5 heteroatoms. The highest BCUT2D eigenvalue weighted by molar-refractivity contribution is 6.18. The number of anilines is 1. The second-order valence-electron chi connectivity index (χ2n) is 3.75. The van der Waals surface area contributed by atoms with Gasteiger partial charge in [0.25, 0.3) is 0 Å². The third-order valence-corrected chi connectivity index (χ3v) is 2.80. The van der Waals surface area contributed by atoms with Crippen LogP contribution in [0.5, 0.6) is 0 Å². The number of rotatable bonds is 4. The van der Waals surface area contributed by atoms with Crippen LogP contribution >= 0.6 is 11.6 Å². The number of imidazole rings is 1. The number of aliphatic hydroxyl groups is 1. The van der Waals surface area contributed by atoms with Crippen LogP contribution in [-0.4, -0.2) is 33.2 Å². The molecule has 1 atom stereocenters. The Morgan fingerprint density at radius 1 is 1.56 bits per heavy atom. The van der Waals surface area contributed by atoms with E-state index in [2.05, 4.69) is 10.3 Å². The topological polar surface area (TPSA) is 50.1 Å². The maximum atomic E-state index is 9.34. The molecule has 1 unspecified atom stereocenters. The third-order valence-electron chi connectivity index (χ3n) is 2.45. The zero-order chi connectivity index (χ0) is 11.5. The summed E-state index contributed by atoms with van der Waals surface area (Å²) in [6, 6.07) is 5.89. The predicted octanol–water partition coefficient (Wildman–Crippen LogP) is 1.58. The van der Waals surface area contributed by atoms with E-state index >= 15 is 0 Å². The molecule has 0 radical (unpaired) electrons. The predicted molar refractivity (Wildman–Crippen MR) is 65.9 cm³/mol. The molecule has 16 heavy (non-hydrogen) atoms. The highest BCUT2D eigenvalue weighted by Crippen LogP contribution is 2.17. The van der Waals surface area contributed by atoms with Crippen LogP contribution in [0.15, 0.2) is 24.5 Å². The van der Waals surface area contributed by atoms with E-state index in [1.807, 2.05) is 29.8 Å². The molecule has 1 aromatic heterocycles. The number of aryl methyl sites for hydroxylation is 1. The highest BCUT2D eigenvalue weighted by Gasteiger charge is 2.03. The Morgan fingerprint density at radius 2 is 2.38 bits per heavy atom. The summed E-state index contributed by atoms with van der Waals surface area (Å²) in [4.78, 5) is 4.24. The fourth-order valence-electron chi connectivity index (χ4n) is 1.53. The maximum absolute atomic E-state index is 9.34. The fourth-order valence-corrected chi connectivity index (χ4v) is 1.64. The number of halogens is 1. The summed E-state index contributed by atoms with van der Waals surface area (Å²) in [6.07, 6.45) is 1.26. The number of nitrogens with zero attached hydrogens (tertiary/aromatic N) is 2. The molecular formula is C11H14ClN3O. The summed E-state index contributed by atoms with van der Waals surface area (Å²) in [5.41, 5.74) is 2.98. The molecule has 0 fully saturated rings. The molecule has 0 bridgehead atoms.